The van der Waals surface area contributed by atoms with Crippen LogP contribution in [0.15, 0.2) is 22.7 Å². The van der Waals surface area contributed by atoms with Gasteiger partial charge in [-0.3, -0.25) is 0 Å². The summed E-state index contributed by atoms with van der Waals surface area (Å²) in [6, 6.07) is 6.96. The van der Waals surface area contributed by atoms with Gasteiger partial charge in [0, 0.05) is 23.0 Å². The van der Waals surface area contributed by atoms with E-state index < -0.39 is 0 Å². The van der Waals surface area contributed by atoms with Crippen LogP contribution in [0.1, 0.15) is 36.9 Å². The van der Waals surface area contributed by atoms with Gasteiger partial charge in [0.15, 0.2) is 0 Å². The smallest absolute Gasteiger partial charge is 0.0512 e. The number of rotatable bonds is 4. The van der Waals surface area contributed by atoms with E-state index in [-0.39, 0.29) is 0 Å². The van der Waals surface area contributed by atoms with Crippen molar-refractivity contribution < 1.29 is 4.74 Å². The molecule has 1 aromatic carbocycles. The lowest BCUT2D eigenvalue weighted by Crippen LogP contribution is -2.33. The molecule has 0 aliphatic carbocycles. The van der Waals surface area contributed by atoms with E-state index in [9.17, 15) is 0 Å². The quantitative estimate of drug-likeness (QED) is 0.912. The molecule has 1 heterocycles. The molecule has 0 bridgehead atoms. The van der Waals surface area contributed by atoms with Crippen LogP contribution in [0.5, 0.6) is 0 Å². The van der Waals surface area contributed by atoms with Crippen molar-refractivity contribution in [3.05, 3.63) is 33.8 Å². The van der Waals surface area contributed by atoms with Gasteiger partial charge in [-0.1, -0.05) is 28.9 Å². The third-order valence-corrected chi connectivity index (χ3v) is 4.16. The van der Waals surface area contributed by atoms with E-state index in [4.69, 9.17) is 4.74 Å². The normalized spacial score (nSPS) is 21.8. The topological polar surface area (TPSA) is 21.3 Å². The summed E-state index contributed by atoms with van der Waals surface area (Å²) in [7, 11) is 0. The van der Waals surface area contributed by atoms with Gasteiger partial charge >= 0.3 is 0 Å². The van der Waals surface area contributed by atoms with Gasteiger partial charge in [-0.25, -0.2) is 0 Å². The summed E-state index contributed by atoms with van der Waals surface area (Å²) in [6.45, 7) is 7.16. The molecule has 3 heteroatoms. The van der Waals surface area contributed by atoms with Gasteiger partial charge in [0.1, 0.15) is 0 Å². The van der Waals surface area contributed by atoms with Crippen molar-refractivity contribution in [2.24, 2.45) is 5.92 Å². The summed E-state index contributed by atoms with van der Waals surface area (Å²) in [5, 5.41) is 3.64. The molecule has 100 valence electrons. The minimum absolute atomic E-state index is 0.410. The van der Waals surface area contributed by atoms with Crippen LogP contribution < -0.4 is 5.32 Å². The largest absolute Gasteiger partial charge is 0.381 e. The third-order valence-electron chi connectivity index (χ3n) is 3.67. The first-order valence-electron chi connectivity index (χ1n) is 6.79. The maximum atomic E-state index is 5.65. The van der Waals surface area contributed by atoms with Crippen molar-refractivity contribution in [2.45, 2.75) is 32.7 Å². The van der Waals surface area contributed by atoms with E-state index in [1.54, 1.807) is 0 Å². The van der Waals surface area contributed by atoms with Crippen LogP contribution in [-0.2, 0) is 4.74 Å². The second-order valence-electron chi connectivity index (χ2n) is 5.01. The van der Waals surface area contributed by atoms with E-state index in [2.05, 4.69) is 53.3 Å². The fourth-order valence-electron chi connectivity index (χ4n) is 2.73. The van der Waals surface area contributed by atoms with Gasteiger partial charge in [-0.15, -0.1) is 0 Å². The molecule has 0 radical (unpaired) electrons. The Hall–Kier alpha value is -0.380. The Balaban J connectivity index is 2.24. The zero-order valence-electron chi connectivity index (χ0n) is 11.2. The van der Waals surface area contributed by atoms with Crippen LogP contribution in [-0.4, -0.2) is 19.8 Å². The van der Waals surface area contributed by atoms with Crippen molar-refractivity contribution in [3.63, 3.8) is 0 Å². The second-order valence-corrected chi connectivity index (χ2v) is 5.93. The van der Waals surface area contributed by atoms with Gasteiger partial charge in [-0.05, 0) is 49.6 Å². The minimum Gasteiger partial charge on any atom is -0.381 e. The Labute approximate surface area is 118 Å². The number of hydrogen-bond donors (Lipinski definition) is 1. The predicted octanol–water partition coefficient (Wildman–Crippen LogP) is 3.83. The summed E-state index contributed by atoms with van der Waals surface area (Å²) >= 11 is 3.58. The molecule has 2 rings (SSSR count). The number of benzene rings is 1. The molecule has 0 saturated carbocycles. The highest BCUT2D eigenvalue weighted by molar-refractivity contribution is 9.10. The van der Waals surface area contributed by atoms with Gasteiger partial charge < -0.3 is 10.1 Å². The summed E-state index contributed by atoms with van der Waals surface area (Å²) in [6.07, 6.45) is 2.43. The van der Waals surface area contributed by atoms with E-state index in [0.717, 1.165) is 24.2 Å². The van der Waals surface area contributed by atoms with E-state index in [1.807, 2.05) is 0 Å². The number of halogens is 1. The minimum atomic E-state index is 0.410. The maximum Gasteiger partial charge on any atom is 0.0512 e. The number of aryl methyl sites for hydroxylation is 1. The number of ether oxygens (including phenoxy) is 1. The summed E-state index contributed by atoms with van der Waals surface area (Å²) in [5.74, 6) is 0.590. The molecule has 1 aliphatic heterocycles. The molecule has 1 N–H and O–H groups in total. The van der Waals surface area contributed by atoms with Gasteiger partial charge in [0.2, 0.25) is 0 Å². The molecule has 0 spiro atoms. The Morgan fingerprint density at radius 1 is 1.50 bits per heavy atom. The Morgan fingerprint density at radius 2 is 2.33 bits per heavy atom. The lowest BCUT2D eigenvalue weighted by atomic mass is 9.87. The highest BCUT2D eigenvalue weighted by Gasteiger charge is 2.26. The van der Waals surface area contributed by atoms with Crippen LogP contribution in [0.2, 0.25) is 0 Å². The van der Waals surface area contributed by atoms with Crippen molar-refractivity contribution in [1.82, 2.24) is 5.32 Å². The SMILES string of the molecule is CCNC(c1cc(Br)ccc1C)C1CCCOC1. The van der Waals surface area contributed by atoms with Crippen molar-refractivity contribution in [2.75, 3.05) is 19.8 Å². The van der Waals surface area contributed by atoms with Crippen LogP contribution in [0.3, 0.4) is 0 Å². The van der Waals surface area contributed by atoms with Gasteiger partial charge in [0.05, 0.1) is 6.61 Å². The first-order valence-corrected chi connectivity index (χ1v) is 7.59. The van der Waals surface area contributed by atoms with Gasteiger partial charge in [-0.2, -0.15) is 0 Å². The zero-order valence-corrected chi connectivity index (χ0v) is 12.8. The van der Waals surface area contributed by atoms with Crippen LogP contribution >= 0.6 is 15.9 Å². The molecule has 0 aromatic heterocycles. The predicted molar refractivity (Wildman–Crippen MR) is 78.8 cm³/mol. The average Bonchev–Trinajstić information content (AvgIpc) is 2.40. The highest BCUT2D eigenvalue weighted by atomic mass is 79.9. The molecule has 18 heavy (non-hydrogen) atoms. The molecule has 1 saturated heterocycles. The molecule has 1 aromatic rings. The van der Waals surface area contributed by atoms with E-state index in [0.29, 0.717) is 12.0 Å². The van der Waals surface area contributed by atoms with Crippen molar-refractivity contribution >= 4 is 15.9 Å². The standard InChI is InChI=1S/C15H22BrNO/c1-3-17-15(12-5-4-8-18-10-12)14-9-13(16)7-6-11(14)2/h6-7,9,12,15,17H,3-5,8,10H2,1-2H3. The molecule has 0 amide bonds. The van der Waals surface area contributed by atoms with Crippen LogP contribution in [0.4, 0.5) is 0 Å². The first kappa shape index (κ1) is 14.0. The Kier molecular flexibility index (Phi) is 5.22. The summed E-state index contributed by atoms with van der Waals surface area (Å²) < 4.78 is 6.80. The molecule has 2 atom stereocenters. The molecule has 2 nitrogen and oxygen atoms in total. The molecular weight excluding hydrogens is 290 g/mol. The van der Waals surface area contributed by atoms with E-state index >= 15 is 0 Å². The summed E-state index contributed by atoms with van der Waals surface area (Å²) in [5.41, 5.74) is 2.76. The second kappa shape index (κ2) is 6.69. The maximum absolute atomic E-state index is 5.65. The highest BCUT2D eigenvalue weighted by Crippen LogP contribution is 2.32. The monoisotopic (exact) mass is 311 g/mol. The molecule has 2 unspecified atom stereocenters. The lowest BCUT2D eigenvalue weighted by Gasteiger charge is -2.32. The van der Waals surface area contributed by atoms with Gasteiger partial charge in [0.25, 0.3) is 0 Å². The van der Waals surface area contributed by atoms with E-state index in [1.165, 1.54) is 24.0 Å². The first-order chi connectivity index (χ1) is 8.72. The average molecular weight is 312 g/mol. The Bertz CT molecular complexity index is 388. The molecule has 1 fully saturated rings. The van der Waals surface area contributed by atoms with Crippen molar-refractivity contribution in [1.29, 1.82) is 0 Å². The lowest BCUT2D eigenvalue weighted by molar-refractivity contribution is 0.0392. The fourth-order valence-corrected chi connectivity index (χ4v) is 3.10. The van der Waals surface area contributed by atoms with Crippen LogP contribution in [0.25, 0.3) is 0 Å². The summed E-state index contributed by atoms with van der Waals surface area (Å²) in [4.78, 5) is 0. The third kappa shape index (κ3) is 3.34. The zero-order chi connectivity index (χ0) is 13.0. The van der Waals surface area contributed by atoms with Crippen LogP contribution in [0, 0.1) is 12.8 Å². The Morgan fingerprint density at radius 3 is 3.00 bits per heavy atom. The fraction of sp³-hybridized carbons (Fsp3) is 0.600. The number of hydrogen-bond acceptors (Lipinski definition) is 2. The molecular formula is C15H22BrNO. The van der Waals surface area contributed by atoms with Crippen molar-refractivity contribution in [3.8, 4) is 0 Å². The number of nitrogens with one attached hydrogen (secondary N) is 1. The molecule has 1 aliphatic rings.